The summed E-state index contributed by atoms with van der Waals surface area (Å²) in [4.78, 5) is 2.60. The Morgan fingerprint density at radius 3 is 1.92 bits per heavy atom. The third kappa shape index (κ3) is 7.76. The Balaban J connectivity index is 0. The van der Waals surface area contributed by atoms with Gasteiger partial charge in [0.2, 0.25) is 0 Å². The van der Waals surface area contributed by atoms with Crippen molar-refractivity contribution in [2.24, 2.45) is 0 Å². The summed E-state index contributed by atoms with van der Waals surface area (Å²) in [5, 5.41) is 3.37. The van der Waals surface area contributed by atoms with Crippen LogP contribution in [0.25, 0.3) is 0 Å². The molecule has 82 valence electrons. The van der Waals surface area contributed by atoms with Crippen LogP contribution in [0.3, 0.4) is 0 Å². The average Bonchev–Trinajstić information content (AvgIpc) is 1.85. The molecule has 1 heterocycles. The zero-order chi connectivity index (χ0) is 8.32. The van der Waals surface area contributed by atoms with E-state index in [2.05, 4.69) is 29.9 Å². The van der Waals surface area contributed by atoms with Gasteiger partial charge in [-0.1, -0.05) is 19.6 Å². The van der Waals surface area contributed by atoms with Crippen molar-refractivity contribution in [3.8, 4) is 0 Å². The minimum absolute atomic E-state index is 0. The summed E-state index contributed by atoms with van der Waals surface area (Å²) in [7, 11) is -0.846. The molecule has 1 rings (SSSR count). The molecule has 1 aliphatic rings. The second kappa shape index (κ2) is 7.07. The van der Waals surface area contributed by atoms with Gasteiger partial charge < -0.3 is 10.2 Å². The molecule has 0 spiro atoms. The van der Waals surface area contributed by atoms with Gasteiger partial charge in [0.15, 0.2) is 0 Å². The molecule has 1 saturated heterocycles. The number of rotatable bonds is 2. The molecular weight excluding hydrogens is 223 g/mol. The van der Waals surface area contributed by atoms with Gasteiger partial charge in [0.25, 0.3) is 0 Å². The van der Waals surface area contributed by atoms with Crippen molar-refractivity contribution in [1.82, 2.24) is 10.2 Å². The molecule has 0 bridgehead atoms. The van der Waals surface area contributed by atoms with Crippen LogP contribution in [0.5, 0.6) is 0 Å². The smallest absolute Gasteiger partial charge is 0.0599 e. The highest BCUT2D eigenvalue weighted by Gasteiger charge is 2.19. The van der Waals surface area contributed by atoms with E-state index in [-0.39, 0.29) is 24.8 Å². The quantitative estimate of drug-likeness (QED) is 0.744. The van der Waals surface area contributed by atoms with Gasteiger partial charge in [0.05, 0.1) is 8.07 Å². The SMILES string of the molecule is C[Si](C)(C)CN1CCNCC1.Cl.Cl. The van der Waals surface area contributed by atoms with Gasteiger partial charge in [-0.3, -0.25) is 0 Å². The predicted octanol–water partition coefficient (Wildman–Crippen LogP) is 1.61. The first-order chi connectivity index (χ1) is 5.08. The first-order valence-electron chi connectivity index (χ1n) is 4.51. The van der Waals surface area contributed by atoms with Crippen LogP contribution in [0, 0.1) is 0 Å². The van der Waals surface area contributed by atoms with Gasteiger partial charge in [0, 0.05) is 26.2 Å². The number of halogens is 2. The van der Waals surface area contributed by atoms with Crippen LogP contribution in [0.15, 0.2) is 0 Å². The molecule has 2 nitrogen and oxygen atoms in total. The summed E-state index contributed by atoms with van der Waals surface area (Å²) < 4.78 is 0. The minimum atomic E-state index is -0.846. The van der Waals surface area contributed by atoms with Crippen molar-refractivity contribution in [1.29, 1.82) is 0 Å². The number of piperazine rings is 1. The standard InChI is InChI=1S/C8H20N2Si.2ClH/c1-11(2,3)8-10-6-4-9-5-7-10;;/h9H,4-8H2,1-3H3;2*1H. The molecule has 0 saturated carbocycles. The second-order valence-corrected chi connectivity index (χ2v) is 10.0. The van der Waals surface area contributed by atoms with Crippen LogP contribution < -0.4 is 5.32 Å². The van der Waals surface area contributed by atoms with E-state index >= 15 is 0 Å². The van der Waals surface area contributed by atoms with Crippen molar-refractivity contribution >= 4 is 32.9 Å². The van der Waals surface area contributed by atoms with Crippen molar-refractivity contribution < 1.29 is 0 Å². The maximum Gasteiger partial charge on any atom is 0.0599 e. The number of nitrogens with one attached hydrogen (secondary N) is 1. The third-order valence-corrected chi connectivity index (χ3v) is 3.30. The zero-order valence-electron chi connectivity index (χ0n) is 8.80. The van der Waals surface area contributed by atoms with E-state index in [0.717, 1.165) is 0 Å². The van der Waals surface area contributed by atoms with E-state index in [4.69, 9.17) is 0 Å². The highest BCUT2D eigenvalue weighted by atomic mass is 35.5. The van der Waals surface area contributed by atoms with Crippen molar-refractivity contribution in [3.63, 3.8) is 0 Å². The van der Waals surface area contributed by atoms with Gasteiger partial charge in [-0.15, -0.1) is 24.8 Å². The lowest BCUT2D eigenvalue weighted by Gasteiger charge is -2.32. The van der Waals surface area contributed by atoms with E-state index in [9.17, 15) is 0 Å². The molecular formula is C8H22Cl2N2Si. The molecule has 5 heteroatoms. The van der Waals surface area contributed by atoms with Crippen LogP contribution in [0.2, 0.25) is 19.6 Å². The molecule has 1 aliphatic heterocycles. The highest BCUT2D eigenvalue weighted by Crippen LogP contribution is 2.04. The molecule has 0 aromatic carbocycles. The van der Waals surface area contributed by atoms with E-state index in [1.807, 2.05) is 0 Å². The Morgan fingerprint density at radius 1 is 1.08 bits per heavy atom. The summed E-state index contributed by atoms with van der Waals surface area (Å²) >= 11 is 0. The van der Waals surface area contributed by atoms with E-state index in [1.165, 1.54) is 32.3 Å². The molecule has 0 aromatic heterocycles. The zero-order valence-corrected chi connectivity index (χ0v) is 11.4. The fourth-order valence-electron chi connectivity index (χ4n) is 1.54. The average molecular weight is 245 g/mol. The van der Waals surface area contributed by atoms with Crippen LogP contribution >= 0.6 is 24.8 Å². The maximum atomic E-state index is 3.37. The summed E-state index contributed by atoms with van der Waals surface area (Å²) in [6, 6.07) is 0. The van der Waals surface area contributed by atoms with Crippen molar-refractivity contribution in [2.75, 3.05) is 32.3 Å². The summed E-state index contributed by atoms with van der Waals surface area (Å²) in [6.45, 7) is 12.2. The summed E-state index contributed by atoms with van der Waals surface area (Å²) in [6.07, 6.45) is 1.37. The van der Waals surface area contributed by atoms with Gasteiger partial charge >= 0.3 is 0 Å². The van der Waals surface area contributed by atoms with Crippen LogP contribution in [-0.4, -0.2) is 45.3 Å². The molecule has 1 fully saturated rings. The lowest BCUT2D eigenvalue weighted by molar-refractivity contribution is 0.273. The van der Waals surface area contributed by atoms with Gasteiger partial charge in [0.1, 0.15) is 0 Å². The number of hydrogen-bond donors (Lipinski definition) is 1. The fraction of sp³-hybridized carbons (Fsp3) is 1.00. The summed E-state index contributed by atoms with van der Waals surface area (Å²) in [5.41, 5.74) is 0. The Labute approximate surface area is 95.3 Å². The monoisotopic (exact) mass is 244 g/mol. The summed E-state index contributed by atoms with van der Waals surface area (Å²) in [5.74, 6) is 0. The maximum absolute atomic E-state index is 3.37. The van der Waals surface area contributed by atoms with E-state index in [1.54, 1.807) is 0 Å². The normalized spacial score (nSPS) is 18.7. The Morgan fingerprint density at radius 2 is 1.54 bits per heavy atom. The van der Waals surface area contributed by atoms with Crippen LogP contribution in [0.4, 0.5) is 0 Å². The first kappa shape index (κ1) is 16.2. The first-order valence-corrected chi connectivity index (χ1v) is 8.22. The fourth-order valence-corrected chi connectivity index (χ4v) is 3.20. The molecule has 0 aromatic rings. The lowest BCUT2D eigenvalue weighted by Crippen LogP contribution is -2.49. The molecule has 0 atom stereocenters. The van der Waals surface area contributed by atoms with Gasteiger partial charge in [-0.05, 0) is 6.17 Å². The van der Waals surface area contributed by atoms with Crippen molar-refractivity contribution in [2.45, 2.75) is 19.6 Å². The molecule has 13 heavy (non-hydrogen) atoms. The Bertz CT molecular complexity index is 122. The number of nitrogens with zero attached hydrogens (tertiary/aromatic N) is 1. The molecule has 0 unspecified atom stereocenters. The third-order valence-electron chi connectivity index (χ3n) is 1.91. The molecule has 0 amide bonds. The van der Waals surface area contributed by atoms with Gasteiger partial charge in [-0.25, -0.2) is 0 Å². The predicted molar refractivity (Wildman–Crippen MR) is 67.2 cm³/mol. The molecule has 1 N–H and O–H groups in total. The minimum Gasteiger partial charge on any atom is -0.314 e. The van der Waals surface area contributed by atoms with Gasteiger partial charge in [-0.2, -0.15) is 0 Å². The van der Waals surface area contributed by atoms with E-state index in [0.29, 0.717) is 0 Å². The highest BCUT2D eigenvalue weighted by molar-refractivity contribution is 6.76. The molecule has 0 aliphatic carbocycles. The van der Waals surface area contributed by atoms with E-state index < -0.39 is 8.07 Å². The topological polar surface area (TPSA) is 15.3 Å². The Kier molecular flexibility index (Phi) is 8.78. The Hall–Kier alpha value is 0.717. The second-order valence-electron chi connectivity index (χ2n) is 4.59. The largest absolute Gasteiger partial charge is 0.314 e. The lowest BCUT2D eigenvalue weighted by atomic mass is 10.4. The van der Waals surface area contributed by atoms with Crippen LogP contribution in [-0.2, 0) is 0 Å². The van der Waals surface area contributed by atoms with Crippen LogP contribution in [0.1, 0.15) is 0 Å². The number of hydrogen-bond acceptors (Lipinski definition) is 2. The molecule has 0 radical (unpaired) electrons. The van der Waals surface area contributed by atoms with Crippen molar-refractivity contribution in [3.05, 3.63) is 0 Å².